The third-order valence-corrected chi connectivity index (χ3v) is 2.98. The number of hydrogen-bond donors (Lipinski definition) is 1. The Balaban J connectivity index is 2.58. The van der Waals surface area contributed by atoms with Crippen LogP contribution in [0, 0.1) is 12.7 Å². The van der Waals surface area contributed by atoms with Crippen LogP contribution in [0.5, 0.6) is 0 Å². The molecule has 14 heavy (non-hydrogen) atoms. The first-order chi connectivity index (χ1) is 6.70. The Morgan fingerprint density at radius 1 is 1.50 bits per heavy atom. The Hall–Kier alpha value is -1.00. The van der Waals surface area contributed by atoms with E-state index in [1.54, 1.807) is 6.07 Å². The van der Waals surface area contributed by atoms with Crippen LogP contribution >= 0.6 is 11.3 Å². The van der Waals surface area contributed by atoms with Crippen molar-refractivity contribution >= 4 is 21.6 Å². The highest BCUT2D eigenvalue weighted by Crippen LogP contribution is 2.24. The molecule has 0 atom stereocenters. The summed E-state index contributed by atoms with van der Waals surface area (Å²) in [5, 5.41) is 9.67. The molecule has 0 spiro atoms. The van der Waals surface area contributed by atoms with Crippen molar-refractivity contribution in [3.05, 3.63) is 28.5 Å². The second kappa shape index (κ2) is 3.63. The summed E-state index contributed by atoms with van der Waals surface area (Å²) in [4.78, 5) is 4.27. The van der Waals surface area contributed by atoms with Crippen LogP contribution < -0.4 is 0 Å². The van der Waals surface area contributed by atoms with Crippen LogP contribution in [-0.4, -0.2) is 16.7 Å². The maximum atomic E-state index is 13.4. The lowest BCUT2D eigenvalue weighted by Gasteiger charge is -1.99. The van der Waals surface area contributed by atoms with Crippen LogP contribution in [0.2, 0.25) is 0 Å². The number of hydrogen-bond acceptors (Lipinski definition) is 3. The predicted molar refractivity (Wildman–Crippen MR) is 55.1 cm³/mol. The molecule has 0 radical (unpaired) electrons. The average Bonchev–Trinajstić information content (AvgIpc) is 2.45. The topological polar surface area (TPSA) is 33.1 Å². The highest BCUT2D eigenvalue weighted by Gasteiger charge is 2.07. The van der Waals surface area contributed by atoms with Gasteiger partial charge in [-0.2, -0.15) is 0 Å². The van der Waals surface area contributed by atoms with Gasteiger partial charge in [0, 0.05) is 6.61 Å². The number of rotatable bonds is 2. The van der Waals surface area contributed by atoms with E-state index in [-0.39, 0.29) is 12.4 Å². The Bertz CT molecular complexity index is 466. The van der Waals surface area contributed by atoms with Crippen molar-refractivity contribution in [2.45, 2.75) is 13.3 Å². The quantitative estimate of drug-likeness (QED) is 0.826. The summed E-state index contributed by atoms with van der Waals surface area (Å²) in [6, 6.07) is 3.20. The summed E-state index contributed by atoms with van der Waals surface area (Å²) in [6.45, 7) is 1.86. The summed E-state index contributed by atoms with van der Waals surface area (Å²) in [5.74, 6) is -0.254. The number of halogens is 1. The van der Waals surface area contributed by atoms with Crippen LogP contribution in [0.1, 0.15) is 10.6 Å². The second-order valence-electron chi connectivity index (χ2n) is 3.12. The van der Waals surface area contributed by atoms with Crippen molar-refractivity contribution in [2.75, 3.05) is 6.61 Å². The van der Waals surface area contributed by atoms with E-state index in [0.717, 1.165) is 15.2 Å². The minimum Gasteiger partial charge on any atom is -0.396 e. The van der Waals surface area contributed by atoms with Gasteiger partial charge in [0.25, 0.3) is 0 Å². The third kappa shape index (κ3) is 1.63. The van der Waals surface area contributed by atoms with Gasteiger partial charge in [-0.25, -0.2) is 9.37 Å². The fourth-order valence-electron chi connectivity index (χ4n) is 1.42. The molecule has 2 nitrogen and oxygen atoms in total. The zero-order valence-electron chi connectivity index (χ0n) is 7.75. The fourth-order valence-corrected chi connectivity index (χ4v) is 2.25. The van der Waals surface area contributed by atoms with E-state index in [0.29, 0.717) is 12.0 Å². The van der Waals surface area contributed by atoms with E-state index in [9.17, 15) is 4.39 Å². The van der Waals surface area contributed by atoms with Crippen molar-refractivity contribution < 1.29 is 9.50 Å². The maximum Gasteiger partial charge on any atom is 0.128 e. The molecule has 0 aliphatic rings. The van der Waals surface area contributed by atoms with Crippen molar-refractivity contribution in [1.29, 1.82) is 0 Å². The predicted octanol–water partition coefficient (Wildman–Crippen LogP) is 2.28. The van der Waals surface area contributed by atoms with Crippen LogP contribution in [-0.2, 0) is 6.42 Å². The number of aryl methyl sites for hydroxylation is 1. The number of aliphatic hydroxyl groups is 1. The first-order valence-electron chi connectivity index (χ1n) is 4.37. The number of thiazole rings is 1. The van der Waals surface area contributed by atoms with Crippen LogP contribution in [0.25, 0.3) is 10.2 Å². The summed E-state index contributed by atoms with van der Waals surface area (Å²) >= 11 is 1.48. The van der Waals surface area contributed by atoms with Gasteiger partial charge in [-0.3, -0.25) is 0 Å². The van der Waals surface area contributed by atoms with E-state index in [1.807, 2.05) is 6.92 Å². The molecule has 0 fully saturated rings. The molecule has 1 N–H and O–H groups in total. The van der Waals surface area contributed by atoms with Gasteiger partial charge in [0.2, 0.25) is 0 Å². The highest BCUT2D eigenvalue weighted by atomic mass is 32.1. The first kappa shape index (κ1) is 9.55. The molecule has 0 bridgehead atoms. The first-order valence-corrected chi connectivity index (χ1v) is 5.19. The number of fused-ring (bicyclic) bond motifs is 1. The standard InChI is InChI=1S/C10H10FNOS/c1-6-12-9-4-7(2-3-13)8(11)5-10(9)14-6/h4-5,13H,2-3H2,1H3. The molecule has 0 saturated carbocycles. The highest BCUT2D eigenvalue weighted by molar-refractivity contribution is 7.18. The Morgan fingerprint density at radius 2 is 2.29 bits per heavy atom. The summed E-state index contributed by atoms with van der Waals surface area (Å²) in [6.07, 6.45) is 0.346. The molecule has 2 rings (SSSR count). The zero-order valence-corrected chi connectivity index (χ0v) is 8.57. The van der Waals surface area contributed by atoms with Crippen molar-refractivity contribution in [3.8, 4) is 0 Å². The lowest BCUT2D eigenvalue weighted by atomic mass is 10.1. The minimum atomic E-state index is -0.254. The fraction of sp³-hybridized carbons (Fsp3) is 0.300. The number of aromatic nitrogens is 1. The Labute approximate surface area is 85.0 Å². The van der Waals surface area contributed by atoms with Crippen LogP contribution in [0.3, 0.4) is 0 Å². The van der Waals surface area contributed by atoms with Crippen molar-refractivity contribution in [2.24, 2.45) is 0 Å². The van der Waals surface area contributed by atoms with Crippen molar-refractivity contribution in [3.63, 3.8) is 0 Å². The SMILES string of the molecule is Cc1nc2cc(CCO)c(F)cc2s1. The molecule has 0 amide bonds. The molecular formula is C10H10FNOS. The number of benzene rings is 1. The van der Waals surface area contributed by atoms with Gasteiger partial charge in [0.1, 0.15) is 5.82 Å². The minimum absolute atomic E-state index is 0.0362. The van der Waals surface area contributed by atoms with Crippen molar-refractivity contribution in [1.82, 2.24) is 4.98 Å². The van der Waals surface area contributed by atoms with E-state index < -0.39 is 0 Å². The molecule has 0 aliphatic heterocycles. The molecular weight excluding hydrogens is 201 g/mol. The third-order valence-electron chi connectivity index (χ3n) is 2.04. The molecule has 74 valence electrons. The van der Waals surface area contributed by atoms with Gasteiger partial charge in [-0.05, 0) is 31.0 Å². The van der Waals surface area contributed by atoms with E-state index >= 15 is 0 Å². The summed E-state index contributed by atoms with van der Waals surface area (Å²) in [7, 11) is 0. The average molecular weight is 211 g/mol. The van der Waals surface area contributed by atoms with E-state index in [4.69, 9.17) is 5.11 Å². The number of aliphatic hydroxyl groups excluding tert-OH is 1. The molecule has 1 heterocycles. The van der Waals surface area contributed by atoms with Crippen LogP contribution in [0.15, 0.2) is 12.1 Å². The molecule has 1 aromatic heterocycles. The Morgan fingerprint density at radius 3 is 3.00 bits per heavy atom. The lowest BCUT2D eigenvalue weighted by Crippen LogP contribution is -1.94. The summed E-state index contributed by atoms with van der Waals surface area (Å²) < 4.78 is 14.2. The number of nitrogens with zero attached hydrogens (tertiary/aromatic N) is 1. The lowest BCUT2D eigenvalue weighted by molar-refractivity contribution is 0.298. The summed E-state index contributed by atoms with van der Waals surface area (Å²) in [5.41, 5.74) is 1.35. The molecule has 0 saturated heterocycles. The second-order valence-corrected chi connectivity index (χ2v) is 4.35. The molecule has 0 unspecified atom stereocenters. The molecule has 1 aromatic carbocycles. The van der Waals surface area contributed by atoms with Gasteiger partial charge < -0.3 is 5.11 Å². The smallest absolute Gasteiger partial charge is 0.128 e. The Kier molecular flexibility index (Phi) is 2.48. The van der Waals surface area contributed by atoms with Gasteiger partial charge in [0.05, 0.1) is 15.2 Å². The maximum absolute atomic E-state index is 13.4. The molecule has 0 aliphatic carbocycles. The monoisotopic (exact) mass is 211 g/mol. The van der Waals surface area contributed by atoms with Gasteiger partial charge in [0.15, 0.2) is 0 Å². The van der Waals surface area contributed by atoms with Crippen LogP contribution in [0.4, 0.5) is 4.39 Å². The van der Waals surface area contributed by atoms with E-state index in [2.05, 4.69) is 4.98 Å². The normalized spacial score (nSPS) is 11.1. The van der Waals surface area contributed by atoms with Gasteiger partial charge in [-0.1, -0.05) is 0 Å². The largest absolute Gasteiger partial charge is 0.396 e. The van der Waals surface area contributed by atoms with Gasteiger partial charge >= 0.3 is 0 Å². The zero-order chi connectivity index (χ0) is 10.1. The van der Waals surface area contributed by atoms with Gasteiger partial charge in [-0.15, -0.1) is 11.3 Å². The molecule has 4 heteroatoms. The van der Waals surface area contributed by atoms with E-state index in [1.165, 1.54) is 17.4 Å². The molecule has 2 aromatic rings.